The quantitative estimate of drug-likeness (QED) is 0.0961. The second-order valence-electron chi connectivity index (χ2n) is 18.9. The van der Waals surface area contributed by atoms with Gasteiger partial charge in [0.1, 0.15) is 6.29 Å². The molecule has 6 rings (SSSR count). The third-order valence-corrected chi connectivity index (χ3v) is 15.2. The zero-order valence-corrected chi connectivity index (χ0v) is 36.0. The van der Waals surface area contributed by atoms with Crippen LogP contribution in [0.15, 0.2) is 47.2 Å². The van der Waals surface area contributed by atoms with E-state index in [9.17, 15) is 14.4 Å². The summed E-state index contributed by atoms with van der Waals surface area (Å²) < 4.78 is 0. The smallest absolute Gasteiger partial charge is 0.250 e. The van der Waals surface area contributed by atoms with E-state index in [1.807, 2.05) is 72.4 Å². The monoisotopic (exact) mass is 742 g/mol. The fraction of sp³-hybridized carbons (Fsp3) is 0.723. The Kier molecular flexibility index (Phi) is 14.4. The Hall–Kier alpha value is -2.67. The molecule has 6 nitrogen and oxygen atoms in total. The number of hydrogen-bond acceptors (Lipinski definition) is 5. The average Bonchev–Trinajstić information content (AvgIpc) is 3.56. The molecule has 1 aromatic carbocycles. The van der Waals surface area contributed by atoms with Crippen LogP contribution in [0.3, 0.4) is 0 Å². The maximum atomic E-state index is 13.5. The molecule has 4 fully saturated rings. The molecule has 5 aliphatic rings. The number of benzene rings is 1. The number of aldehydes is 1. The van der Waals surface area contributed by atoms with E-state index in [2.05, 4.69) is 52.2 Å². The van der Waals surface area contributed by atoms with Gasteiger partial charge >= 0.3 is 0 Å². The van der Waals surface area contributed by atoms with Gasteiger partial charge in [-0.15, -0.1) is 0 Å². The summed E-state index contributed by atoms with van der Waals surface area (Å²) in [4.78, 5) is 38.1. The molecule has 0 aromatic heterocycles. The van der Waals surface area contributed by atoms with Crippen LogP contribution in [0.1, 0.15) is 139 Å². The molecule has 0 saturated heterocycles. The summed E-state index contributed by atoms with van der Waals surface area (Å²) in [6.07, 6.45) is 15.0. The van der Waals surface area contributed by atoms with Gasteiger partial charge in [-0.3, -0.25) is 4.79 Å². The van der Waals surface area contributed by atoms with E-state index in [4.69, 9.17) is 5.11 Å². The Morgan fingerprint density at radius 1 is 0.944 bits per heavy atom. The molecule has 299 valence electrons. The predicted molar refractivity (Wildman–Crippen MR) is 225 cm³/mol. The van der Waals surface area contributed by atoms with Crippen molar-refractivity contribution < 1.29 is 19.5 Å². The van der Waals surface area contributed by atoms with Crippen LogP contribution in [0, 0.1) is 64.1 Å². The van der Waals surface area contributed by atoms with Crippen LogP contribution in [0.5, 0.6) is 0 Å². The van der Waals surface area contributed by atoms with Crippen LogP contribution in [-0.4, -0.2) is 44.4 Å². The van der Waals surface area contributed by atoms with E-state index in [0.29, 0.717) is 53.2 Å². The lowest BCUT2D eigenvalue weighted by Crippen LogP contribution is -2.60. The fourth-order valence-corrected chi connectivity index (χ4v) is 12.8. The summed E-state index contributed by atoms with van der Waals surface area (Å²) in [7, 11) is 5.03. The summed E-state index contributed by atoms with van der Waals surface area (Å²) in [6.45, 7) is 22.3. The van der Waals surface area contributed by atoms with Crippen molar-refractivity contribution >= 4 is 30.8 Å². The number of rotatable bonds is 10. The Labute approximate surface area is 329 Å². The fourth-order valence-electron chi connectivity index (χ4n) is 12.8. The number of carbonyl (C=O) groups is 3. The number of fused-ring (bicyclic) bond motifs is 7. The Balaban J connectivity index is 0.00000157. The number of carbonyl (C=O) groups excluding carboxylic acids is 3. The van der Waals surface area contributed by atoms with Crippen molar-refractivity contribution in [1.29, 1.82) is 0 Å². The van der Waals surface area contributed by atoms with Crippen molar-refractivity contribution in [3.8, 4) is 0 Å². The molecule has 1 aromatic rings. The highest BCUT2D eigenvalue weighted by atomic mass is 16.2. The maximum absolute atomic E-state index is 13.5. The lowest BCUT2D eigenvalue weighted by molar-refractivity contribution is -0.161. The first-order valence-electron chi connectivity index (χ1n) is 21.4. The van der Waals surface area contributed by atoms with Gasteiger partial charge in [0.05, 0.1) is 5.68 Å². The lowest BCUT2D eigenvalue weighted by atomic mass is 9.35. The first-order valence-corrected chi connectivity index (χ1v) is 21.4. The molecule has 1 amide bonds. The highest BCUT2D eigenvalue weighted by molar-refractivity contribution is 6.75. The van der Waals surface area contributed by atoms with E-state index in [0.717, 1.165) is 50.5 Å². The highest BCUT2D eigenvalue weighted by Crippen LogP contribution is 2.73. The third kappa shape index (κ3) is 8.23. The SMILES string of the molecule is CC.CN/C(=C\C(=O)Nc1ccc(C)cc1)C12CCC(C(C)C)=C1C1CCC3C(C)(CCC4C(C)C([B]C(=O)CC(C)(C)C=O)CCC43C)C1CC2.CO. The van der Waals surface area contributed by atoms with Crippen molar-refractivity contribution in [3.05, 3.63) is 52.7 Å². The molecule has 9 unspecified atom stereocenters. The predicted octanol–water partition coefficient (Wildman–Crippen LogP) is 10.3. The van der Waals surface area contributed by atoms with Crippen LogP contribution >= 0.6 is 0 Å². The molecular weight excluding hydrogens is 667 g/mol. The number of anilines is 1. The molecule has 5 aliphatic carbocycles. The van der Waals surface area contributed by atoms with Gasteiger partial charge in [0.2, 0.25) is 13.2 Å². The van der Waals surface area contributed by atoms with Gasteiger partial charge in [0.25, 0.3) is 0 Å². The van der Waals surface area contributed by atoms with Crippen molar-refractivity contribution in [2.24, 2.45) is 57.2 Å². The first kappa shape index (κ1) is 44.1. The van der Waals surface area contributed by atoms with E-state index in [-0.39, 0.29) is 22.4 Å². The van der Waals surface area contributed by atoms with E-state index in [1.54, 1.807) is 11.1 Å². The topological polar surface area (TPSA) is 95.5 Å². The summed E-state index contributed by atoms with van der Waals surface area (Å²) in [5.41, 5.74) is 6.53. The average molecular weight is 742 g/mol. The molecule has 0 bridgehead atoms. The minimum Gasteiger partial charge on any atom is -0.400 e. The van der Waals surface area contributed by atoms with Gasteiger partial charge in [0, 0.05) is 48.9 Å². The van der Waals surface area contributed by atoms with Gasteiger partial charge in [-0.05, 0) is 123 Å². The molecule has 0 heterocycles. The number of aliphatic hydroxyl groups excluding tert-OH is 1. The van der Waals surface area contributed by atoms with Crippen molar-refractivity contribution in [3.63, 3.8) is 0 Å². The zero-order valence-electron chi connectivity index (χ0n) is 36.0. The largest absolute Gasteiger partial charge is 0.400 e. The molecule has 0 spiro atoms. The maximum Gasteiger partial charge on any atom is 0.250 e. The van der Waals surface area contributed by atoms with Crippen LogP contribution in [0.25, 0.3) is 0 Å². The Bertz CT molecular complexity index is 1550. The highest BCUT2D eigenvalue weighted by Gasteiger charge is 2.64. The summed E-state index contributed by atoms with van der Waals surface area (Å²) in [5, 5.41) is 13.7. The van der Waals surface area contributed by atoms with Crippen LogP contribution in [0.4, 0.5) is 5.69 Å². The second kappa shape index (κ2) is 17.6. The van der Waals surface area contributed by atoms with Gasteiger partial charge in [0.15, 0.2) is 0 Å². The summed E-state index contributed by atoms with van der Waals surface area (Å²) in [5.74, 6) is 3.82. The lowest BCUT2D eigenvalue weighted by Gasteiger charge is -2.67. The van der Waals surface area contributed by atoms with Crippen molar-refractivity contribution in [2.45, 2.75) is 146 Å². The number of nitrogens with one attached hydrogen (secondary N) is 2. The molecule has 1 radical (unpaired) electrons. The second-order valence-corrected chi connectivity index (χ2v) is 18.9. The van der Waals surface area contributed by atoms with Crippen molar-refractivity contribution in [2.75, 3.05) is 19.5 Å². The normalized spacial score (nSPS) is 34.4. The summed E-state index contributed by atoms with van der Waals surface area (Å²) in [6, 6.07) is 8.05. The standard InChI is InChI=1S/C44H64BN2O3.C2H6.CH4O/c1-27(2)31-16-22-44(37(46-9)24-39(50)47-30-12-10-28(3)11-13-30)23-18-34-32(40(31)44)14-15-36-42(7)21-19-35(45-38(49)25-41(5,6)26-48)29(4)33(42)17-20-43(34,36)8;2*1-2/h10-13,24,26-27,29,32-36,46H,14-23,25H2,1-9H3,(H,47,50);1-2H3;2H,1H3/b37-24-;;. The zero-order chi connectivity index (χ0) is 40.2. The van der Waals surface area contributed by atoms with E-state index in [1.165, 1.54) is 44.1 Å². The van der Waals surface area contributed by atoms with E-state index < -0.39 is 5.41 Å². The number of allylic oxidation sites excluding steroid dienone is 2. The number of amides is 1. The van der Waals surface area contributed by atoms with Gasteiger partial charge < -0.3 is 25.3 Å². The minimum absolute atomic E-state index is 0.0508. The molecule has 54 heavy (non-hydrogen) atoms. The number of aliphatic hydroxyl groups is 1. The van der Waals surface area contributed by atoms with Gasteiger partial charge in [-0.1, -0.05) is 103 Å². The number of aryl methyl sites for hydroxylation is 1. The Morgan fingerprint density at radius 3 is 2.17 bits per heavy atom. The molecule has 7 heteroatoms. The summed E-state index contributed by atoms with van der Waals surface area (Å²) >= 11 is 0. The molecule has 4 saturated carbocycles. The van der Waals surface area contributed by atoms with Crippen molar-refractivity contribution in [1.82, 2.24) is 5.32 Å². The van der Waals surface area contributed by atoms with Crippen LogP contribution in [-0.2, 0) is 14.4 Å². The minimum atomic E-state index is -0.593. The first-order chi connectivity index (χ1) is 25.6. The molecule has 9 atom stereocenters. The van der Waals surface area contributed by atoms with E-state index >= 15 is 0 Å². The van der Waals surface area contributed by atoms with Crippen LogP contribution in [0.2, 0.25) is 5.82 Å². The Morgan fingerprint density at radius 2 is 1.56 bits per heavy atom. The van der Waals surface area contributed by atoms with Crippen LogP contribution < -0.4 is 10.6 Å². The van der Waals surface area contributed by atoms with Gasteiger partial charge in [-0.2, -0.15) is 0 Å². The number of hydrogen-bond donors (Lipinski definition) is 3. The third-order valence-electron chi connectivity index (χ3n) is 15.2. The van der Waals surface area contributed by atoms with Gasteiger partial charge in [-0.25, -0.2) is 0 Å². The molecule has 3 N–H and O–H groups in total. The molecular formula is C47H74BN2O4. The molecule has 0 aliphatic heterocycles.